The van der Waals surface area contributed by atoms with Crippen LogP contribution in [-0.2, 0) is 16.6 Å². The van der Waals surface area contributed by atoms with Gasteiger partial charge in [-0.25, -0.2) is 0 Å². The summed E-state index contributed by atoms with van der Waals surface area (Å²) in [5.41, 5.74) is 3.15. The second-order valence-electron chi connectivity index (χ2n) is 7.77. The van der Waals surface area contributed by atoms with E-state index in [1.807, 2.05) is 7.05 Å². The largest absolute Gasteiger partial charge is 0.342 e. The number of hydrogen-bond acceptors (Lipinski definition) is 2. The average molecular weight is 349 g/mol. The van der Waals surface area contributed by atoms with Crippen LogP contribution in [0, 0.1) is 11.8 Å². The van der Waals surface area contributed by atoms with Crippen molar-refractivity contribution in [1.82, 2.24) is 10.2 Å². The lowest BCUT2D eigenvalue weighted by molar-refractivity contribution is -0.134. The summed E-state index contributed by atoms with van der Waals surface area (Å²) in [4.78, 5) is 15.3. The van der Waals surface area contributed by atoms with Crippen LogP contribution in [-0.4, -0.2) is 37.5 Å². The van der Waals surface area contributed by atoms with Crippen molar-refractivity contribution in [3.8, 4) is 0 Å². The zero-order valence-corrected chi connectivity index (χ0v) is 15.4. The number of halogens is 1. The summed E-state index contributed by atoms with van der Waals surface area (Å²) in [7, 11) is 2.01. The van der Waals surface area contributed by atoms with Crippen LogP contribution in [0.4, 0.5) is 0 Å². The van der Waals surface area contributed by atoms with Gasteiger partial charge in [0, 0.05) is 24.4 Å². The molecule has 2 fully saturated rings. The Labute approximate surface area is 151 Å². The molecule has 0 aromatic heterocycles. The number of likely N-dealkylation sites (tertiary alicyclic amines) is 1. The molecule has 3 unspecified atom stereocenters. The molecule has 24 heavy (non-hydrogen) atoms. The number of carbonyl (C=O) groups is 1. The van der Waals surface area contributed by atoms with Crippen LogP contribution in [0.5, 0.6) is 0 Å². The van der Waals surface area contributed by atoms with E-state index in [1.54, 1.807) is 0 Å². The quantitative estimate of drug-likeness (QED) is 0.910. The number of nitrogens with zero attached hydrogens (tertiary/aromatic N) is 1. The van der Waals surface area contributed by atoms with Crippen LogP contribution in [0.15, 0.2) is 24.3 Å². The number of aryl methyl sites for hydroxylation is 1. The Morgan fingerprint density at radius 2 is 2.17 bits per heavy atom. The number of benzene rings is 1. The molecule has 1 aromatic rings. The van der Waals surface area contributed by atoms with E-state index in [-0.39, 0.29) is 23.7 Å². The van der Waals surface area contributed by atoms with E-state index in [0.29, 0.717) is 11.8 Å². The standard InChI is InChI=1S/C20H28N2O.ClH/c1-21-13-15-6-5-11-22(14-15)19(23)18-12-20(18)10-4-8-16-7-2-3-9-17(16)20;/h2-3,7,9,15,18,21H,4-6,8,10-14H2,1H3;1H. The van der Waals surface area contributed by atoms with E-state index >= 15 is 0 Å². The molecule has 3 aliphatic rings. The predicted octanol–water partition coefficient (Wildman–Crippen LogP) is 3.16. The van der Waals surface area contributed by atoms with Crippen molar-refractivity contribution in [2.75, 3.05) is 26.7 Å². The van der Waals surface area contributed by atoms with Gasteiger partial charge in [-0.2, -0.15) is 0 Å². The van der Waals surface area contributed by atoms with Gasteiger partial charge in [0.15, 0.2) is 0 Å². The van der Waals surface area contributed by atoms with Crippen LogP contribution in [0.2, 0.25) is 0 Å². The second-order valence-corrected chi connectivity index (χ2v) is 7.77. The number of hydrogen-bond donors (Lipinski definition) is 1. The second kappa shape index (κ2) is 7.05. The predicted molar refractivity (Wildman–Crippen MR) is 99.6 cm³/mol. The highest BCUT2D eigenvalue weighted by atomic mass is 35.5. The van der Waals surface area contributed by atoms with Crippen LogP contribution in [0.1, 0.15) is 43.2 Å². The van der Waals surface area contributed by atoms with Gasteiger partial charge in [0.25, 0.3) is 0 Å². The van der Waals surface area contributed by atoms with E-state index in [2.05, 4.69) is 34.5 Å². The molecule has 0 bridgehead atoms. The van der Waals surface area contributed by atoms with Crippen LogP contribution >= 0.6 is 12.4 Å². The maximum absolute atomic E-state index is 13.1. The SMILES string of the molecule is CNCC1CCCN(C(=O)C2CC23CCCc2ccccc23)C1.Cl. The van der Waals surface area contributed by atoms with Gasteiger partial charge in [-0.1, -0.05) is 24.3 Å². The van der Waals surface area contributed by atoms with Crippen LogP contribution < -0.4 is 5.32 Å². The zero-order valence-electron chi connectivity index (χ0n) is 14.6. The first-order valence-electron chi connectivity index (χ1n) is 9.26. The van der Waals surface area contributed by atoms with Gasteiger partial charge in [0.05, 0.1) is 0 Å². The minimum atomic E-state index is 0. The van der Waals surface area contributed by atoms with Crippen molar-refractivity contribution in [3.63, 3.8) is 0 Å². The smallest absolute Gasteiger partial charge is 0.226 e. The Morgan fingerprint density at radius 3 is 3.00 bits per heavy atom. The molecule has 1 saturated heterocycles. The minimum absolute atomic E-state index is 0. The number of fused-ring (bicyclic) bond motifs is 2. The maximum atomic E-state index is 13.1. The molecular weight excluding hydrogens is 320 g/mol. The number of amides is 1. The van der Waals surface area contributed by atoms with Crippen molar-refractivity contribution in [2.24, 2.45) is 11.8 Å². The summed E-state index contributed by atoms with van der Waals surface area (Å²) >= 11 is 0. The minimum Gasteiger partial charge on any atom is -0.342 e. The third kappa shape index (κ3) is 2.97. The lowest BCUT2D eigenvalue weighted by Crippen LogP contribution is -2.44. The first-order valence-corrected chi connectivity index (χ1v) is 9.26. The first kappa shape index (κ1) is 17.8. The third-order valence-corrected chi connectivity index (χ3v) is 6.32. The fourth-order valence-corrected chi connectivity index (χ4v) is 5.10. The molecular formula is C20H29ClN2O. The third-order valence-electron chi connectivity index (χ3n) is 6.32. The molecule has 3 nitrogen and oxygen atoms in total. The molecule has 1 heterocycles. The lowest BCUT2D eigenvalue weighted by atomic mass is 9.78. The van der Waals surface area contributed by atoms with Gasteiger partial charge in [-0.15, -0.1) is 12.4 Å². The number of piperidine rings is 1. The first-order chi connectivity index (χ1) is 11.2. The van der Waals surface area contributed by atoms with Gasteiger partial charge in [0.2, 0.25) is 5.91 Å². The highest BCUT2D eigenvalue weighted by Gasteiger charge is 2.60. The molecule has 0 radical (unpaired) electrons. The van der Waals surface area contributed by atoms with Gasteiger partial charge in [-0.3, -0.25) is 4.79 Å². The van der Waals surface area contributed by atoms with Gasteiger partial charge in [-0.05, 0) is 69.2 Å². The molecule has 1 amide bonds. The Hall–Kier alpha value is -1.06. The van der Waals surface area contributed by atoms with E-state index in [1.165, 1.54) is 36.8 Å². The van der Waals surface area contributed by atoms with Crippen LogP contribution in [0.3, 0.4) is 0 Å². The Balaban J connectivity index is 0.00000169. The summed E-state index contributed by atoms with van der Waals surface area (Å²) < 4.78 is 0. The molecule has 132 valence electrons. The van der Waals surface area contributed by atoms with E-state index in [9.17, 15) is 4.79 Å². The summed E-state index contributed by atoms with van der Waals surface area (Å²) in [6, 6.07) is 8.83. The topological polar surface area (TPSA) is 32.3 Å². The zero-order chi connectivity index (χ0) is 15.9. The highest BCUT2D eigenvalue weighted by molar-refractivity contribution is 5.85. The Morgan fingerprint density at radius 1 is 1.33 bits per heavy atom. The Kier molecular flexibility index (Phi) is 5.22. The van der Waals surface area contributed by atoms with Gasteiger partial charge >= 0.3 is 0 Å². The highest BCUT2D eigenvalue weighted by Crippen LogP contribution is 2.60. The van der Waals surface area contributed by atoms with E-state index < -0.39 is 0 Å². The molecule has 3 atom stereocenters. The molecule has 2 aliphatic carbocycles. The average Bonchev–Trinajstić information content (AvgIpc) is 3.30. The van der Waals surface area contributed by atoms with E-state index in [0.717, 1.165) is 32.5 Å². The number of rotatable bonds is 3. The maximum Gasteiger partial charge on any atom is 0.226 e. The van der Waals surface area contributed by atoms with Crippen molar-refractivity contribution < 1.29 is 4.79 Å². The van der Waals surface area contributed by atoms with E-state index in [4.69, 9.17) is 0 Å². The molecule has 4 heteroatoms. The molecule has 1 saturated carbocycles. The number of nitrogens with one attached hydrogen (secondary N) is 1. The Bertz CT molecular complexity index is 603. The van der Waals surface area contributed by atoms with Crippen LogP contribution in [0.25, 0.3) is 0 Å². The van der Waals surface area contributed by atoms with Crippen molar-refractivity contribution in [2.45, 2.75) is 43.9 Å². The van der Waals surface area contributed by atoms with Gasteiger partial charge < -0.3 is 10.2 Å². The van der Waals surface area contributed by atoms with Gasteiger partial charge in [0.1, 0.15) is 0 Å². The monoisotopic (exact) mass is 348 g/mol. The molecule has 4 rings (SSSR count). The summed E-state index contributed by atoms with van der Waals surface area (Å²) in [6.45, 7) is 2.95. The summed E-state index contributed by atoms with van der Waals surface area (Å²) in [5, 5.41) is 3.27. The van der Waals surface area contributed by atoms with Crippen molar-refractivity contribution in [1.29, 1.82) is 0 Å². The molecule has 1 spiro atoms. The summed E-state index contributed by atoms with van der Waals surface area (Å²) in [5.74, 6) is 1.31. The molecule has 1 aromatic carbocycles. The normalized spacial score (nSPS) is 31.3. The fourth-order valence-electron chi connectivity index (χ4n) is 5.10. The fraction of sp³-hybridized carbons (Fsp3) is 0.650. The summed E-state index contributed by atoms with van der Waals surface area (Å²) in [6.07, 6.45) is 7.12. The molecule has 1 aliphatic heterocycles. The van der Waals surface area contributed by atoms with Crippen molar-refractivity contribution in [3.05, 3.63) is 35.4 Å². The molecule has 1 N–H and O–H groups in total. The lowest BCUT2D eigenvalue weighted by Gasteiger charge is -2.34. The van der Waals surface area contributed by atoms with Crippen molar-refractivity contribution >= 4 is 18.3 Å². The number of carbonyl (C=O) groups excluding carboxylic acids is 1.